The number of hydrogen-bond donors (Lipinski definition) is 1. The molecule has 1 aromatic heterocycles. The number of esters is 1. The summed E-state index contributed by atoms with van der Waals surface area (Å²) < 4.78 is 5.19. The van der Waals surface area contributed by atoms with E-state index in [2.05, 4.69) is 5.32 Å². The van der Waals surface area contributed by atoms with Crippen molar-refractivity contribution in [2.24, 2.45) is 0 Å². The predicted octanol–water partition coefficient (Wildman–Crippen LogP) is 3.17. The van der Waals surface area contributed by atoms with Gasteiger partial charge in [-0.15, -0.1) is 11.3 Å². The molecule has 4 nitrogen and oxygen atoms in total. The molecule has 0 fully saturated rings. The Bertz CT molecular complexity index is 491. The number of rotatable bonds is 3. The summed E-state index contributed by atoms with van der Waals surface area (Å²) in [6.45, 7) is 8.74. The highest BCUT2D eigenvalue weighted by Crippen LogP contribution is 2.27. The summed E-state index contributed by atoms with van der Waals surface area (Å²) in [5, 5.41) is 4.82. The molecule has 0 aromatic carbocycles. The van der Waals surface area contributed by atoms with E-state index in [-0.39, 0.29) is 5.91 Å². The van der Waals surface area contributed by atoms with Gasteiger partial charge in [-0.1, -0.05) is 11.6 Å². The number of halogens is 1. The minimum Gasteiger partial charge on any atom is -0.458 e. The van der Waals surface area contributed by atoms with Crippen LogP contribution in [-0.2, 0) is 9.53 Å². The number of thiophene rings is 1. The first-order valence-electron chi connectivity index (χ1n) is 5.89. The second kappa shape index (κ2) is 5.92. The van der Waals surface area contributed by atoms with E-state index in [0.717, 1.165) is 5.56 Å². The molecule has 0 radical (unpaired) electrons. The lowest BCUT2D eigenvalue weighted by Gasteiger charge is -2.22. The Labute approximate surface area is 122 Å². The molecule has 0 spiro atoms. The Kier molecular flexibility index (Phi) is 4.98. The summed E-state index contributed by atoms with van der Waals surface area (Å²) in [5.74, 6) is -0.827. The van der Waals surface area contributed by atoms with Crippen LogP contribution in [0.2, 0.25) is 5.02 Å². The molecule has 1 amide bonds. The highest BCUT2D eigenvalue weighted by molar-refractivity contribution is 7.13. The van der Waals surface area contributed by atoms with Crippen LogP contribution in [0.1, 0.15) is 42.9 Å². The molecule has 19 heavy (non-hydrogen) atoms. The molecular weight excluding hydrogens is 286 g/mol. The number of carbonyl (C=O) groups is 2. The van der Waals surface area contributed by atoms with Gasteiger partial charge in [0.15, 0.2) is 0 Å². The van der Waals surface area contributed by atoms with Crippen LogP contribution in [0.25, 0.3) is 0 Å². The van der Waals surface area contributed by atoms with Crippen LogP contribution < -0.4 is 5.32 Å². The number of amides is 1. The van der Waals surface area contributed by atoms with Crippen molar-refractivity contribution < 1.29 is 14.3 Å². The maximum absolute atomic E-state index is 12.0. The molecule has 1 heterocycles. The SMILES string of the molecule is Cc1csc(C(=O)N[C@@H](C)C(=O)OC(C)(C)C)c1Cl. The van der Waals surface area contributed by atoms with Gasteiger partial charge in [0.1, 0.15) is 16.5 Å². The Morgan fingerprint density at radius 1 is 1.42 bits per heavy atom. The zero-order valence-electron chi connectivity index (χ0n) is 11.7. The predicted molar refractivity (Wildman–Crippen MR) is 76.8 cm³/mol. The van der Waals surface area contributed by atoms with Crippen LogP contribution in [0.15, 0.2) is 5.38 Å². The van der Waals surface area contributed by atoms with Gasteiger partial charge >= 0.3 is 5.97 Å². The number of hydrogen-bond acceptors (Lipinski definition) is 4. The van der Waals surface area contributed by atoms with Crippen molar-refractivity contribution in [3.63, 3.8) is 0 Å². The Balaban J connectivity index is 2.67. The van der Waals surface area contributed by atoms with Crippen LogP contribution in [-0.4, -0.2) is 23.5 Å². The Morgan fingerprint density at radius 3 is 2.42 bits per heavy atom. The van der Waals surface area contributed by atoms with E-state index in [1.807, 2.05) is 6.92 Å². The first-order chi connectivity index (χ1) is 8.61. The molecular formula is C13H18ClNO3S. The number of nitrogens with one attached hydrogen (secondary N) is 1. The summed E-state index contributed by atoms with van der Waals surface area (Å²) in [7, 11) is 0. The summed E-state index contributed by atoms with van der Waals surface area (Å²) in [6, 6.07) is -0.717. The van der Waals surface area contributed by atoms with E-state index in [9.17, 15) is 9.59 Å². The highest BCUT2D eigenvalue weighted by atomic mass is 35.5. The first kappa shape index (κ1) is 16.0. The molecule has 6 heteroatoms. The van der Waals surface area contributed by atoms with Crippen molar-refractivity contribution in [1.82, 2.24) is 5.32 Å². The van der Waals surface area contributed by atoms with Crippen molar-refractivity contribution in [3.05, 3.63) is 20.8 Å². The molecule has 0 aliphatic rings. The van der Waals surface area contributed by atoms with E-state index in [0.29, 0.717) is 9.90 Å². The zero-order chi connectivity index (χ0) is 14.8. The van der Waals surface area contributed by atoms with Gasteiger partial charge in [-0.05, 0) is 45.6 Å². The third-order valence-electron chi connectivity index (χ3n) is 2.21. The smallest absolute Gasteiger partial charge is 0.328 e. The van der Waals surface area contributed by atoms with Crippen LogP contribution in [0.5, 0.6) is 0 Å². The molecule has 0 saturated heterocycles. The average Bonchev–Trinajstić information content (AvgIpc) is 2.57. The maximum Gasteiger partial charge on any atom is 0.328 e. The summed E-state index contributed by atoms with van der Waals surface area (Å²) >= 11 is 7.26. The largest absolute Gasteiger partial charge is 0.458 e. The molecule has 1 rings (SSSR count). The van der Waals surface area contributed by atoms with Crippen molar-refractivity contribution in [2.45, 2.75) is 46.3 Å². The molecule has 1 atom stereocenters. The van der Waals surface area contributed by atoms with E-state index >= 15 is 0 Å². The van der Waals surface area contributed by atoms with E-state index in [1.165, 1.54) is 11.3 Å². The average molecular weight is 304 g/mol. The summed E-state index contributed by atoms with van der Waals surface area (Å²) in [5.41, 5.74) is 0.273. The van der Waals surface area contributed by atoms with Crippen LogP contribution in [0.4, 0.5) is 0 Å². The van der Waals surface area contributed by atoms with Gasteiger partial charge in [0.2, 0.25) is 0 Å². The topological polar surface area (TPSA) is 55.4 Å². The number of aryl methyl sites for hydroxylation is 1. The number of ether oxygens (including phenoxy) is 1. The molecule has 0 saturated carbocycles. The normalized spacial score (nSPS) is 12.9. The monoisotopic (exact) mass is 303 g/mol. The Hall–Kier alpha value is -1.07. The lowest BCUT2D eigenvalue weighted by molar-refractivity contribution is -0.156. The fraction of sp³-hybridized carbons (Fsp3) is 0.538. The molecule has 1 aromatic rings. The van der Waals surface area contributed by atoms with E-state index in [1.54, 1.807) is 33.1 Å². The molecule has 0 aliphatic carbocycles. The Morgan fingerprint density at radius 2 is 2.00 bits per heavy atom. The molecule has 106 valence electrons. The molecule has 1 N–H and O–H groups in total. The standard InChI is InChI=1S/C13H18ClNO3S/c1-7-6-19-10(9(7)14)11(16)15-8(2)12(17)18-13(3,4)5/h6,8H,1-5H3,(H,15,16)/t8-/m0/s1. The van der Waals surface area contributed by atoms with Crippen molar-refractivity contribution in [2.75, 3.05) is 0 Å². The van der Waals surface area contributed by atoms with E-state index in [4.69, 9.17) is 16.3 Å². The van der Waals surface area contributed by atoms with Crippen LogP contribution in [0.3, 0.4) is 0 Å². The van der Waals surface area contributed by atoms with Gasteiger partial charge in [0.05, 0.1) is 5.02 Å². The number of carbonyl (C=O) groups excluding carboxylic acids is 2. The molecule has 0 bridgehead atoms. The summed E-state index contributed by atoms with van der Waals surface area (Å²) in [6.07, 6.45) is 0. The summed E-state index contributed by atoms with van der Waals surface area (Å²) in [4.78, 5) is 24.1. The second-order valence-electron chi connectivity index (χ2n) is 5.29. The zero-order valence-corrected chi connectivity index (χ0v) is 13.2. The molecule has 0 aliphatic heterocycles. The van der Waals surface area contributed by atoms with Gasteiger partial charge in [-0.3, -0.25) is 4.79 Å². The quantitative estimate of drug-likeness (QED) is 0.873. The fourth-order valence-corrected chi connectivity index (χ4v) is 2.48. The first-order valence-corrected chi connectivity index (χ1v) is 7.15. The van der Waals surface area contributed by atoms with Crippen molar-refractivity contribution >= 4 is 34.8 Å². The third kappa shape index (κ3) is 4.51. The van der Waals surface area contributed by atoms with Crippen molar-refractivity contribution in [3.8, 4) is 0 Å². The molecule has 0 unspecified atom stereocenters. The highest BCUT2D eigenvalue weighted by Gasteiger charge is 2.24. The van der Waals surface area contributed by atoms with Gasteiger partial charge in [-0.2, -0.15) is 0 Å². The van der Waals surface area contributed by atoms with Crippen molar-refractivity contribution in [1.29, 1.82) is 0 Å². The van der Waals surface area contributed by atoms with E-state index < -0.39 is 17.6 Å². The lowest BCUT2D eigenvalue weighted by atomic mass is 10.2. The van der Waals surface area contributed by atoms with Gasteiger partial charge in [0.25, 0.3) is 5.91 Å². The van der Waals surface area contributed by atoms with Crippen LogP contribution >= 0.6 is 22.9 Å². The maximum atomic E-state index is 12.0. The lowest BCUT2D eigenvalue weighted by Crippen LogP contribution is -2.42. The van der Waals surface area contributed by atoms with Gasteiger partial charge < -0.3 is 10.1 Å². The van der Waals surface area contributed by atoms with Gasteiger partial charge in [-0.25, -0.2) is 4.79 Å². The minimum atomic E-state index is -0.717. The minimum absolute atomic E-state index is 0.360. The third-order valence-corrected chi connectivity index (χ3v) is 3.91. The second-order valence-corrected chi connectivity index (χ2v) is 6.55. The van der Waals surface area contributed by atoms with Gasteiger partial charge in [0, 0.05) is 0 Å². The van der Waals surface area contributed by atoms with Crippen LogP contribution in [0, 0.1) is 6.92 Å². The fourth-order valence-electron chi connectivity index (χ4n) is 1.29.